The zero-order chi connectivity index (χ0) is 24.6. The summed E-state index contributed by atoms with van der Waals surface area (Å²) in [7, 11) is 0. The monoisotopic (exact) mass is 486 g/mol. The van der Waals surface area contributed by atoms with E-state index in [1.54, 1.807) is 4.52 Å². The summed E-state index contributed by atoms with van der Waals surface area (Å²) in [5.41, 5.74) is 4.16. The zero-order valence-electron chi connectivity index (χ0n) is 20.7. The van der Waals surface area contributed by atoms with Crippen molar-refractivity contribution in [2.24, 2.45) is 0 Å². The van der Waals surface area contributed by atoms with E-state index in [-0.39, 0.29) is 5.69 Å². The van der Waals surface area contributed by atoms with Crippen LogP contribution in [0.2, 0.25) is 0 Å². The van der Waals surface area contributed by atoms with E-state index in [1.165, 1.54) is 31.1 Å². The molecule has 0 saturated carbocycles. The first-order chi connectivity index (χ1) is 17.5. The Labute approximate surface area is 210 Å². The molecule has 9 heteroatoms. The van der Waals surface area contributed by atoms with Crippen LogP contribution in [0, 0.1) is 5.82 Å². The van der Waals surface area contributed by atoms with E-state index in [9.17, 15) is 4.39 Å². The maximum Gasteiger partial charge on any atom is 0.229 e. The van der Waals surface area contributed by atoms with Crippen molar-refractivity contribution in [3.05, 3.63) is 66.0 Å². The quantitative estimate of drug-likeness (QED) is 0.431. The van der Waals surface area contributed by atoms with Crippen LogP contribution in [0.5, 0.6) is 0 Å². The summed E-state index contributed by atoms with van der Waals surface area (Å²) < 4.78 is 16.5. The Hall–Kier alpha value is -3.43. The van der Waals surface area contributed by atoms with E-state index in [0.29, 0.717) is 29.3 Å². The van der Waals surface area contributed by atoms with Gasteiger partial charge in [0.15, 0.2) is 5.82 Å². The summed E-state index contributed by atoms with van der Waals surface area (Å²) in [5.74, 6) is 0.777. The van der Waals surface area contributed by atoms with Crippen LogP contribution in [0.3, 0.4) is 0 Å². The van der Waals surface area contributed by atoms with Gasteiger partial charge in [-0.05, 0) is 49.1 Å². The van der Waals surface area contributed by atoms with Crippen LogP contribution in [-0.2, 0) is 6.54 Å². The van der Waals surface area contributed by atoms with Crippen LogP contribution >= 0.6 is 0 Å². The standard InChI is InChI=1S/C27H31FN8/c1-18(2)22-14-31-36-9-7-20(12-24(22)36)26-23(28)15-30-27(33-26)32-25-6-5-19(13-29-25)16-34-10-11-35-8-3-4-21(35)17-34/h5-7,9,12-15,18,21H,3-4,8,10-11,16-17H2,1-2H3,(H,29,30,32,33). The van der Waals surface area contributed by atoms with Crippen LogP contribution in [-0.4, -0.2) is 66.6 Å². The van der Waals surface area contributed by atoms with Crippen LogP contribution in [0.15, 0.2) is 49.1 Å². The van der Waals surface area contributed by atoms with Crippen molar-refractivity contribution in [3.63, 3.8) is 0 Å². The van der Waals surface area contributed by atoms with Crippen molar-refractivity contribution >= 4 is 17.3 Å². The van der Waals surface area contributed by atoms with Gasteiger partial charge in [0.25, 0.3) is 0 Å². The van der Waals surface area contributed by atoms with Crippen molar-refractivity contribution in [1.29, 1.82) is 0 Å². The number of hydrogen-bond donors (Lipinski definition) is 1. The lowest BCUT2D eigenvalue weighted by molar-refractivity contribution is 0.0993. The molecule has 186 valence electrons. The molecule has 2 aliphatic rings. The zero-order valence-corrected chi connectivity index (χ0v) is 20.7. The van der Waals surface area contributed by atoms with Gasteiger partial charge in [0, 0.05) is 55.7 Å². The fraction of sp³-hybridized carbons (Fsp3) is 0.407. The van der Waals surface area contributed by atoms with Crippen molar-refractivity contribution < 1.29 is 4.39 Å². The molecule has 2 fully saturated rings. The summed E-state index contributed by atoms with van der Waals surface area (Å²) in [4.78, 5) is 18.3. The van der Waals surface area contributed by atoms with Gasteiger partial charge >= 0.3 is 0 Å². The fourth-order valence-electron chi connectivity index (χ4n) is 5.39. The molecular formula is C27H31FN8. The molecule has 8 nitrogen and oxygen atoms in total. The second kappa shape index (κ2) is 9.55. The molecule has 6 rings (SSSR count). The number of anilines is 2. The van der Waals surface area contributed by atoms with Crippen molar-refractivity contribution in [2.45, 2.75) is 45.2 Å². The maximum atomic E-state index is 14.7. The first-order valence-electron chi connectivity index (χ1n) is 12.7. The molecule has 0 amide bonds. The number of halogens is 1. The SMILES string of the molecule is CC(C)c1cnn2ccc(-c3nc(Nc4ccc(CN5CCN6CCCC6C5)cn4)ncc3F)cc12. The topological polar surface area (TPSA) is 74.5 Å². The van der Waals surface area contributed by atoms with Gasteiger partial charge in [-0.1, -0.05) is 19.9 Å². The first kappa shape index (κ1) is 23.0. The minimum atomic E-state index is -0.471. The second-order valence-electron chi connectivity index (χ2n) is 10.1. The molecule has 1 atom stereocenters. The Morgan fingerprint density at radius 1 is 1.08 bits per heavy atom. The Kier molecular flexibility index (Phi) is 6.10. The predicted octanol–water partition coefficient (Wildman–Crippen LogP) is 4.47. The van der Waals surface area contributed by atoms with Crippen molar-refractivity contribution in [3.8, 4) is 11.3 Å². The molecule has 0 bridgehead atoms. The third-order valence-corrected chi connectivity index (χ3v) is 7.33. The second-order valence-corrected chi connectivity index (χ2v) is 10.1. The van der Waals surface area contributed by atoms with E-state index in [2.05, 4.69) is 55.1 Å². The number of fused-ring (bicyclic) bond motifs is 2. The van der Waals surface area contributed by atoms with Crippen LogP contribution in [0.4, 0.5) is 16.2 Å². The van der Waals surface area contributed by atoms with Crippen molar-refractivity contribution in [2.75, 3.05) is 31.5 Å². The molecule has 1 N–H and O–H groups in total. The summed E-state index contributed by atoms with van der Waals surface area (Å²) in [6.07, 6.45) is 9.42. The molecule has 2 aliphatic heterocycles. The molecule has 2 saturated heterocycles. The third-order valence-electron chi connectivity index (χ3n) is 7.33. The molecule has 4 aromatic heterocycles. The highest BCUT2D eigenvalue weighted by Gasteiger charge is 2.30. The fourth-order valence-corrected chi connectivity index (χ4v) is 5.39. The maximum absolute atomic E-state index is 14.7. The van der Waals surface area contributed by atoms with E-state index in [1.807, 2.05) is 36.8 Å². The number of nitrogens with one attached hydrogen (secondary N) is 1. The van der Waals surface area contributed by atoms with Gasteiger partial charge in [-0.25, -0.2) is 23.9 Å². The van der Waals surface area contributed by atoms with Gasteiger partial charge in [-0.15, -0.1) is 0 Å². The average Bonchev–Trinajstić information content (AvgIpc) is 3.53. The van der Waals surface area contributed by atoms with Gasteiger partial charge in [-0.3, -0.25) is 9.80 Å². The third kappa shape index (κ3) is 4.56. The number of hydrogen-bond acceptors (Lipinski definition) is 7. The molecule has 0 radical (unpaired) electrons. The molecule has 36 heavy (non-hydrogen) atoms. The van der Waals surface area contributed by atoms with Crippen LogP contribution < -0.4 is 5.32 Å². The lowest BCUT2D eigenvalue weighted by Gasteiger charge is -2.37. The highest BCUT2D eigenvalue weighted by molar-refractivity contribution is 5.69. The van der Waals surface area contributed by atoms with Crippen LogP contribution in [0.25, 0.3) is 16.8 Å². The van der Waals surface area contributed by atoms with Crippen LogP contribution in [0.1, 0.15) is 43.7 Å². The molecule has 1 unspecified atom stereocenters. The lowest BCUT2D eigenvalue weighted by Crippen LogP contribution is -2.49. The van der Waals surface area contributed by atoms with Crippen molar-refractivity contribution in [1.82, 2.24) is 34.4 Å². The number of rotatable bonds is 6. The van der Waals surface area contributed by atoms with Gasteiger partial charge < -0.3 is 5.32 Å². The summed E-state index contributed by atoms with van der Waals surface area (Å²) >= 11 is 0. The highest BCUT2D eigenvalue weighted by atomic mass is 19.1. The molecule has 4 aromatic rings. The Morgan fingerprint density at radius 3 is 2.83 bits per heavy atom. The Bertz CT molecular complexity index is 1370. The summed E-state index contributed by atoms with van der Waals surface area (Å²) in [6, 6.07) is 8.47. The molecule has 6 heterocycles. The molecule has 0 aromatic carbocycles. The lowest BCUT2D eigenvalue weighted by atomic mass is 10.0. The number of piperazine rings is 1. The van der Waals surface area contributed by atoms with E-state index in [4.69, 9.17) is 0 Å². The van der Waals surface area contributed by atoms with Gasteiger partial charge in [0.1, 0.15) is 11.5 Å². The normalized spacial score (nSPS) is 18.7. The average molecular weight is 487 g/mol. The molecular weight excluding hydrogens is 455 g/mol. The van der Waals surface area contributed by atoms with E-state index < -0.39 is 5.82 Å². The highest BCUT2D eigenvalue weighted by Crippen LogP contribution is 2.27. The number of pyridine rings is 2. The largest absolute Gasteiger partial charge is 0.309 e. The minimum Gasteiger partial charge on any atom is -0.309 e. The summed E-state index contributed by atoms with van der Waals surface area (Å²) in [6.45, 7) is 9.79. The molecule has 0 spiro atoms. The predicted molar refractivity (Wildman–Crippen MR) is 138 cm³/mol. The van der Waals surface area contributed by atoms with E-state index >= 15 is 0 Å². The smallest absolute Gasteiger partial charge is 0.229 e. The van der Waals surface area contributed by atoms with Gasteiger partial charge in [0.2, 0.25) is 5.95 Å². The first-order valence-corrected chi connectivity index (χ1v) is 12.7. The number of aromatic nitrogens is 5. The van der Waals surface area contributed by atoms with Gasteiger partial charge in [-0.2, -0.15) is 5.10 Å². The Morgan fingerprint density at radius 2 is 2.00 bits per heavy atom. The number of nitrogens with zero attached hydrogens (tertiary/aromatic N) is 7. The molecule has 0 aliphatic carbocycles. The van der Waals surface area contributed by atoms with Gasteiger partial charge in [0.05, 0.1) is 17.9 Å². The van der Waals surface area contributed by atoms with E-state index in [0.717, 1.165) is 37.3 Å². The summed E-state index contributed by atoms with van der Waals surface area (Å²) in [5, 5.41) is 7.52. The Balaban J connectivity index is 1.17. The minimum absolute atomic E-state index is 0.244.